The van der Waals surface area contributed by atoms with Crippen LogP contribution in [-0.2, 0) is 11.5 Å². The molecule has 0 bridgehead atoms. The first kappa shape index (κ1) is 10.7. The van der Waals surface area contributed by atoms with E-state index in [0.29, 0.717) is 16.1 Å². The molecule has 2 nitrogen and oxygen atoms in total. The molecule has 0 unspecified atom stereocenters. The van der Waals surface area contributed by atoms with Crippen molar-refractivity contribution in [2.24, 2.45) is 0 Å². The van der Waals surface area contributed by atoms with E-state index in [0.717, 1.165) is 6.08 Å². The van der Waals surface area contributed by atoms with E-state index in [4.69, 9.17) is 16.7 Å². The van der Waals surface area contributed by atoms with E-state index in [2.05, 4.69) is 0 Å². The summed E-state index contributed by atoms with van der Waals surface area (Å²) in [5.74, 6) is -1.04. The number of alkyl halides is 1. The third-order valence-corrected chi connectivity index (χ3v) is 2.00. The number of benzene rings is 1. The molecule has 4 heteroatoms. The molecule has 0 heterocycles. The van der Waals surface area contributed by atoms with Crippen LogP contribution in [0.3, 0.4) is 0 Å². The van der Waals surface area contributed by atoms with Gasteiger partial charge in [-0.25, -0.2) is 9.18 Å². The van der Waals surface area contributed by atoms with Crippen molar-refractivity contribution < 1.29 is 14.3 Å². The molecule has 0 saturated carbocycles. The Morgan fingerprint density at radius 3 is 2.86 bits per heavy atom. The van der Waals surface area contributed by atoms with Crippen molar-refractivity contribution in [3.63, 3.8) is 0 Å². The molecule has 1 rings (SSSR count). The number of halogens is 2. The quantitative estimate of drug-likeness (QED) is 0.786. The van der Waals surface area contributed by atoms with E-state index >= 15 is 0 Å². The fourth-order valence-electron chi connectivity index (χ4n) is 0.968. The lowest BCUT2D eigenvalue weighted by molar-refractivity contribution is -0.131. The van der Waals surface area contributed by atoms with Crippen LogP contribution in [0.4, 0.5) is 4.39 Å². The maximum Gasteiger partial charge on any atom is 0.328 e. The summed E-state index contributed by atoms with van der Waals surface area (Å²) in [6, 6.07) is 4.68. The maximum absolute atomic E-state index is 12.3. The number of hydrogen-bond donors (Lipinski definition) is 1. The zero-order chi connectivity index (χ0) is 10.6. The zero-order valence-electron chi connectivity index (χ0n) is 7.21. The Kier molecular flexibility index (Phi) is 3.65. The Labute approximate surface area is 85.6 Å². The molecule has 0 radical (unpaired) electrons. The first-order chi connectivity index (χ1) is 6.63. The van der Waals surface area contributed by atoms with Crippen LogP contribution < -0.4 is 0 Å². The first-order valence-electron chi connectivity index (χ1n) is 3.89. The molecule has 1 aromatic rings. The second-order valence-corrected chi connectivity index (χ2v) is 3.06. The van der Waals surface area contributed by atoms with Crippen LogP contribution in [0, 0.1) is 0 Å². The van der Waals surface area contributed by atoms with Crippen LogP contribution in [0.2, 0.25) is 5.02 Å². The van der Waals surface area contributed by atoms with Crippen molar-refractivity contribution in [1.82, 2.24) is 0 Å². The average Bonchev–Trinajstić information content (AvgIpc) is 2.16. The number of carbonyl (C=O) groups is 1. The Bertz CT molecular complexity index is 374. The van der Waals surface area contributed by atoms with Gasteiger partial charge in [-0.15, -0.1) is 0 Å². The summed E-state index contributed by atoms with van der Waals surface area (Å²) in [5, 5.41) is 8.72. The van der Waals surface area contributed by atoms with Gasteiger partial charge >= 0.3 is 5.97 Å². The van der Waals surface area contributed by atoms with E-state index in [1.165, 1.54) is 18.2 Å². The van der Waals surface area contributed by atoms with Gasteiger partial charge < -0.3 is 5.11 Å². The van der Waals surface area contributed by atoms with E-state index < -0.39 is 12.6 Å². The highest BCUT2D eigenvalue weighted by atomic mass is 35.5. The molecule has 0 atom stereocenters. The summed E-state index contributed by atoms with van der Waals surface area (Å²) in [4.78, 5) is 10.2. The van der Waals surface area contributed by atoms with Gasteiger partial charge in [0.2, 0.25) is 0 Å². The molecule has 0 aliphatic rings. The summed E-state index contributed by atoms with van der Waals surface area (Å²) in [7, 11) is 0. The summed E-state index contributed by atoms with van der Waals surface area (Å²) < 4.78 is 12.3. The third-order valence-electron chi connectivity index (χ3n) is 1.63. The highest BCUT2D eigenvalue weighted by Crippen LogP contribution is 2.19. The summed E-state index contributed by atoms with van der Waals surface area (Å²) >= 11 is 5.68. The van der Waals surface area contributed by atoms with Crippen molar-refractivity contribution in [3.8, 4) is 0 Å². The van der Waals surface area contributed by atoms with Gasteiger partial charge in [0.05, 0.1) is 0 Å². The van der Waals surface area contributed by atoms with Crippen LogP contribution in [-0.4, -0.2) is 11.1 Å². The van der Waals surface area contributed by atoms with Crippen molar-refractivity contribution in [2.45, 2.75) is 6.67 Å². The zero-order valence-corrected chi connectivity index (χ0v) is 7.96. The van der Waals surface area contributed by atoms with Crippen molar-refractivity contribution >= 4 is 23.6 Å². The van der Waals surface area contributed by atoms with Crippen molar-refractivity contribution in [3.05, 3.63) is 40.4 Å². The topological polar surface area (TPSA) is 37.3 Å². The average molecular weight is 215 g/mol. The van der Waals surface area contributed by atoms with Gasteiger partial charge in [-0.1, -0.05) is 17.7 Å². The van der Waals surface area contributed by atoms with Gasteiger partial charge in [-0.05, 0) is 23.8 Å². The minimum Gasteiger partial charge on any atom is -0.478 e. The van der Waals surface area contributed by atoms with E-state index in [1.807, 2.05) is 0 Å². The molecule has 1 N–H and O–H groups in total. The lowest BCUT2D eigenvalue weighted by atomic mass is 10.1. The van der Waals surface area contributed by atoms with Crippen molar-refractivity contribution in [1.29, 1.82) is 0 Å². The van der Waals surface area contributed by atoms with Gasteiger partial charge in [-0.2, -0.15) is 0 Å². The fraction of sp³-hybridized carbons (Fsp3) is 0.100. The molecule has 0 saturated heterocycles. The van der Waals surface area contributed by atoms with Gasteiger partial charge in [0.1, 0.15) is 6.67 Å². The molecule has 14 heavy (non-hydrogen) atoms. The molecule has 74 valence electrons. The maximum atomic E-state index is 12.3. The minimum atomic E-state index is -1.04. The molecule has 0 aliphatic heterocycles. The van der Waals surface area contributed by atoms with E-state index in [1.54, 1.807) is 6.07 Å². The number of carboxylic acids is 1. The molecule has 1 aromatic carbocycles. The fourth-order valence-corrected chi connectivity index (χ4v) is 1.14. The van der Waals surface area contributed by atoms with E-state index in [-0.39, 0.29) is 0 Å². The van der Waals surface area contributed by atoms with E-state index in [9.17, 15) is 9.18 Å². The second kappa shape index (κ2) is 4.77. The predicted molar refractivity (Wildman–Crippen MR) is 52.9 cm³/mol. The summed E-state index contributed by atoms with van der Waals surface area (Å²) in [6.45, 7) is -0.659. The van der Waals surface area contributed by atoms with Crippen LogP contribution in [0.1, 0.15) is 11.1 Å². The van der Waals surface area contributed by atoms with Gasteiger partial charge in [0.25, 0.3) is 0 Å². The highest BCUT2D eigenvalue weighted by molar-refractivity contribution is 6.31. The highest BCUT2D eigenvalue weighted by Gasteiger charge is 1.99. The van der Waals surface area contributed by atoms with Gasteiger partial charge in [0.15, 0.2) is 0 Å². The molecule has 0 spiro atoms. The minimum absolute atomic E-state index is 0.347. The number of aliphatic carboxylic acids is 1. The third kappa shape index (κ3) is 2.85. The SMILES string of the molecule is O=C(O)C=Cc1ccc(Cl)c(CF)c1. The monoisotopic (exact) mass is 214 g/mol. The molecule has 0 aliphatic carbocycles. The Morgan fingerprint density at radius 2 is 2.29 bits per heavy atom. The normalized spacial score (nSPS) is 10.7. The lowest BCUT2D eigenvalue weighted by Gasteiger charge is -2.00. The van der Waals surface area contributed by atoms with Crippen LogP contribution >= 0.6 is 11.6 Å². The Morgan fingerprint density at radius 1 is 1.57 bits per heavy atom. The smallest absolute Gasteiger partial charge is 0.328 e. The van der Waals surface area contributed by atoms with Gasteiger partial charge in [-0.3, -0.25) is 0 Å². The molecule has 0 amide bonds. The second-order valence-electron chi connectivity index (χ2n) is 2.66. The number of carboxylic acid groups (broad SMARTS) is 1. The Hall–Kier alpha value is -1.35. The largest absolute Gasteiger partial charge is 0.478 e. The van der Waals surface area contributed by atoms with Crippen molar-refractivity contribution in [2.75, 3.05) is 0 Å². The predicted octanol–water partition coefficient (Wildman–Crippen LogP) is 2.91. The molecular weight excluding hydrogens is 207 g/mol. The van der Waals surface area contributed by atoms with Crippen LogP contribution in [0.5, 0.6) is 0 Å². The summed E-state index contributed by atoms with van der Waals surface area (Å²) in [6.07, 6.45) is 2.38. The van der Waals surface area contributed by atoms with Crippen LogP contribution in [0.15, 0.2) is 24.3 Å². The van der Waals surface area contributed by atoms with Gasteiger partial charge in [0, 0.05) is 16.7 Å². The summed E-state index contributed by atoms with van der Waals surface area (Å²) in [5.41, 5.74) is 0.976. The molecule has 0 fully saturated rings. The number of hydrogen-bond acceptors (Lipinski definition) is 1. The number of rotatable bonds is 3. The Balaban J connectivity index is 2.95. The first-order valence-corrected chi connectivity index (χ1v) is 4.26. The standard InChI is InChI=1S/C10H8ClFO2/c11-9-3-1-7(2-4-10(13)14)5-8(9)6-12/h1-5H,6H2,(H,13,14). The van der Waals surface area contributed by atoms with Crippen LogP contribution in [0.25, 0.3) is 6.08 Å². The molecule has 0 aromatic heterocycles. The lowest BCUT2D eigenvalue weighted by Crippen LogP contribution is -1.87. The molecular formula is C10H8ClFO2.